The van der Waals surface area contributed by atoms with Crippen molar-refractivity contribution < 1.29 is 0 Å². The molecule has 0 spiro atoms. The van der Waals surface area contributed by atoms with Crippen molar-refractivity contribution in [2.24, 2.45) is 17.6 Å². The number of hydrogen-bond donors (Lipinski definition) is 1. The van der Waals surface area contributed by atoms with E-state index in [4.69, 9.17) is 5.73 Å². The van der Waals surface area contributed by atoms with Gasteiger partial charge in [0.25, 0.3) is 0 Å². The molecule has 0 amide bonds. The van der Waals surface area contributed by atoms with E-state index in [2.05, 4.69) is 20.8 Å². The fourth-order valence-electron chi connectivity index (χ4n) is 3.45. The molecule has 0 bridgehead atoms. The third-order valence-corrected chi connectivity index (χ3v) is 5.16. The molecule has 0 fully saturated rings. The van der Waals surface area contributed by atoms with Crippen LogP contribution >= 0.6 is 0 Å². The van der Waals surface area contributed by atoms with Crippen LogP contribution < -0.4 is 5.73 Å². The summed E-state index contributed by atoms with van der Waals surface area (Å²) in [5, 5.41) is 0. The molecule has 0 aliphatic heterocycles. The summed E-state index contributed by atoms with van der Waals surface area (Å²) in [6.45, 7) is 7.85. The molecule has 22 heavy (non-hydrogen) atoms. The maximum Gasteiger partial charge on any atom is -0.00745 e. The molecule has 134 valence electrons. The lowest BCUT2D eigenvalue weighted by Crippen LogP contribution is -2.14. The van der Waals surface area contributed by atoms with E-state index < -0.39 is 0 Å². The van der Waals surface area contributed by atoms with Crippen LogP contribution in [0.4, 0.5) is 0 Å². The van der Waals surface area contributed by atoms with Gasteiger partial charge in [-0.2, -0.15) is 0 Å². The van der Waals surface area contributed by atoms with Crippen molar-refractivity contribution in [2.75, 3.05) is 6.54 Å². The van der Waals surface area contributed by atoms with Crippen LogP contribution in [-0.2, 0) is 0 Å². The number of hydrogen-bond acceptors (Lipinski definition) is 1. The molecule has 1 heteroatoms. The highest BCUT2D eigenvalue weighted by Gasteiger charge is 2.11. The Balaban J connectivity index is 3.19. The maximum absolute atomic E-state index is 5.71. The SMILES string of the molecule is CCCCCCCCCCCCCCCC(CCN)C(C)C. The van der Waals surface area contributed by atoms with E-state index >= 15 is 0 Å². The van der Waals surface area contributed by atoms with E-state index in [1.165, 1.54) is 96.3 Å². The Kier molecular flexibility index (Phi) is 17.3. The van der Waals surface area contributed by atoms with Crippen molar-refractivity contribution in [3.05, 3.63) is 0 Å². The molecule has 0 aliphatic carbocycles. The van der Waals surface area contributed by atoms with Gasteiger partial charge in [-0.3, -0.25) is 0 Å². The number of rotatable bonds is 17. The van der Waals surface area contributed by atoms with Crippen molar-refractivity contribution >= 4 is 0 Å². The zero-order chi connectivity index (χ0) is 16.5. The van der Waals surface area contributed by atoms with E-state index in [0.717, 1.165) is 18.4 Å². The predicted molar refractivity (Wildman–Crippen MR) is 102 cm³/mol. The van der Waals surface area contributed by atoms with E-state index in [-0.39, 0.29) is 0 Å². The summed E-state index contributed by atoms with van der Waals surface area (Å²) in [5.74, 6) is 1.67. The summed E-state index contributed by atoms with van der Waals surface area (Å²) < 4.78 is 0. The zero-order valence-corrected chi connectivity index (χ0v) is 16.0. The molecule has 0 saturated heterocycles. The molecular weight excluding hydrogens is 266 g/mol. The van der Waals surface area contributed by atoms with Gasteiger partial charge < -0.3 is 5.73 Å². The average Bonchev–Trinajstić information content (AvgIpc) is 2.50. The van der Waals surface area contributed by atoms with Crippen molar-refractivity contribution in [2.45, 2.75) is 117 Å². The molecule has 0 heterocycles. The highest BCUT2D eigenvalue weighted by molar-refractivity contribution is 4.64. The van der Waals surface area contributed by atoms with Gasteiger partial charge in [-0.1, -0.05) is 111 Å². The van der Waals surface area contributed by atoms with Gasteiger partial charge in [0.1, 0.15) is 0 Å². The van der Waals surface area contributed by atoms with Crippen LogP contribution in [0.25, 0.3) is 0 Å². The summed E-state index contributed by atoms with van der Waals surface area (Å²) in [4.78, 5) is 0. The Hall–Kier alpha value is -0.0400. The average molecular weight is 312 g/mol. The largest absolute Gasteiger partial charge is 0.330 e. The summed E-state index contributed by atoms with van der Waals surface area (Å²) in [7, 11) is 0. The van der Waals surface area contributed by atoms with Crippen molar-refractivity contribution in [1.29, 1.82) is 0 Å². The summed E-state index contributed by atoms with van der Waals surface area (Å²) >= 11 is 0. The molecule has 0 radical (unpaired) electrons. The molecule has 0 aromatic rings. The first-order chi connectivity index (χ1) is 10.7. The van der Waals surface area contributed by atoms with Gasteiger partial charge in [0.15, 0.2) is 0 Å². The van der Waals surface area contributed by atoms with Gasteiger partial charge >= 0.3 is 0 Å². The molecule has 0 rings (SSSR count). The molecule has 0 aliphatic rings. The van der Waals surface area contributed by atoms with Gasteiger partial charge in [0.2, 0.25) is 0 Å². The lowest BCUT2D eigenvalue weighted by atomic mass is 9.87. The number of nitrogens with two attached hydrogens (primary N) is 1. The summed E-state index contributed by atoms with van der Waals surface area (Å²) in [6.07, 6.45) is 21.4. The van der Waals surface area contributed by atoms with Crippen LogP contribution in [0.3, 0.4) is 0 Å². The molecule has 1 nitrogen and oxygen atoms in total. The van der Waals surface area contributed by atoms with Crippen molar-refractivity contribution in [3.63, 3.8) is 0 Å². The minimum absolute atomic E-state index is 0.806. The Morgan fingerprint density at radius 2 is 1.00 bits per heavy atom. The van der Waals surface area contributed by atoms with E-state index in [1.807, 2.05) is 0 Å². The third kappa shape index (κ3) is 14.9. The Labute approximate surface area is 141 Å². The lowest BCUT2D eigenvalue weighted by molar-refractivity contribution is 0.328. The molecule has 1 unspecified atom stereocenters. The van der Waals surface area contributed by atoms with Gasteiger partial charge in [-0.15, -0.1) is 0 Å². The Morgan fingerprint density at radius 3 is 1.36 bits per heavy atom. The predicted octanol–water partition coefficient (Wildman–Crippen LogP) is 7.09. The monoisotopic (exact) mass is 311 g/mol. The Morgan fingerprint density at radius 1 is 0.591 bits per heavy atom. The second kappa shape index (κ2) is 17.3. The molecular formula is C21H45N. The van der Waals surface area contributed by atoms with Gasteiger partial charge in [0, 0.05) is 0 Å². The first-order valence-electron chi connectivity index (χ1n) is 10.4. The van der Waals surface area contributed by atoms with Gasteiger partial charge in [0.05, 0.1) is 0 Å². The van der Waals surface area contributed by atoms with Crippen LogP contribution in [-0.4, -0.2) is 6.54 Å². The van der Waals surface area contributed by atoms with Crippen molar-refractivity contribution in [1.82, 2.24) is 0 Å². The normalized spacial score (nSPS) is 13.0. The second-order valence-electron chi connectivity index (χ2n) is 7.61. The summed E-state index contributed by atoms with van der Waals surface area (Å²) in [5.41, 5.74) is 5.71. The standard InChI is InChI=1S/C21H45N/c1-4-5-6-7-8-9-10-11-12-13-14-15-16-17-21(18-19-22)20(2)3/h20-21H,4-19,22H2,1-3H3. The van der Waals surface area contributed by atoms with Crippen LogP contribution in [0.1, 0.15) is 117 Å². The topological polar surface area (TPSA) is 26.0 Å². The fourth-order valence-corrected chi connectivity index (χ4v) is 3.45. The van der Waals surface area contributed by atoms with Crippen LogP contribution in [0.15, 0.2) is 0 Å². The Bertz CT molecular complexity index is 200. The highest BCUT2D eigenvalue weighted by Crippen LogP contribution is 2.22. The van der Waals surface area contributed by atoms with Crippen LogP contribution in [0.2, 0.25) is 0 Å². The van der Waals surface area contributed by atoms with E-state index in [0.29, 0.717) is 0 Å². The first-order valence-corrected chi connectivity index (χ1v) is 10.4. The van der Waals surface area contributed by atoms with Crippen molar-refractivity contribution in [3.8, 4) is 0 Å². The maximum atomic E-state index is 5.71. The highest BCUT2D eigenvalue weighted by atomic mass is 14.5. The second-order valence-corrected chi connectivity index (χ2v) is 7.61. The minimum atomic E-state index is 0.806. The lowest BCUT2D eigenvalue weighted by Gasteiger charge is -2.19. The quantitative estimate of drug-likeness (QED) is 0.285. The first kappa shape index (κ1) is 22.0. The zero-order valence-electron chi connectivity index (χ0n) is 16.0. The number of unbranched alkanes of at least 4 members (excludes halogenated alkanes) is 12. The molecule has 1 atom stereocenters. The van der Waals surface area contributed by atoms with Gasteiger partial charge in [-0.25, -0.2) is 0 Å². The fraction of sp³-hybridized carbons (Fsp3) is 1.00. The van der Waals surface area contributed by atoms with Crippen LogP contribution in [0, 0.1) is 11.8 Å². The molecule has 0 aromatic heterocycles. The molecule has 0 saturated carbocycles. The molecule has 2 N–H and O–H groups in total. The van der Waals surface area contributed by atoms with Crippen LogP contribution in [0.5, 0.6) is 0 Å². The third-order valence-electron chi connectivity index (χ3n) is 5.16. The molecule has 0 aromatic carbocycles. The summed E-state index contributed by atoms with van der Waals surface area (Å²) in [6, 6.07) is 0. The smallest absolute Gasteiger partial charge is 0.00745 e. The van der Waals surface area contributed by atoms with E-state index in [1.54, 1.807) is 0 Å². The minimum Gasteiger partial charge on any atom is -0.330 e. The van der Waals surface area contributed by atoms with E-state index in [9.17, 15) is 0 Å². The van der Waals surface area contributed by atoms with Gasteiger partial charge in [-0.05, 0) is 24.8 Å².